The summed E-state index contributed by atoms with van der Waals surface area (Å²) < 4.78 is 3.70. The molecular weight excluding hydrogens is 422 g/mol. The molecule has 0 aromatic rings. The van der Waals surface area contributed by atoms with Gasteiger partial charge in [0.25, 0.3) is 0 Å². The van der Waals surface area contributed by atoms with E-state index in [4.69, 9.17) is 0 Å². The molecule has 0 unspecified atom stereocenters. The second-order valence-electron chi connectivity index (χ2n) is 4.02. The van der Waals surface area contributed by atoms with Gasteiger partial charge in [0.15, 0.2) is 0 Å². The molecule has 0 nitrogen and oxygen atoms in total. The molecule has 0 aromatic heterocycles. The molecule has 0 heterocycles. The quantitative estimate of drug-likeness (QED) is 0.560. The summed E-state index contributed by atoms with van der Waals surface area (Å²) in [5.41, 5.74) is -0.0425. The van der Waals surface area contributed by atoms with Gasteiger partial charge in [0.1, 0.15) is 0 Å². The van der Waals surface area contributed by atoms with Crippen molar-refractivity contribution in [2.75, 3.05) is 0 Å². The fourth-order valence-electron chi connectivity index (χ4n) is 2.11. The minimum absolute atomic E-state index is 0. The van der Waals surface area contributed by atoms with Crippen LogP contribution < -0.4 is 0 Å². The van der Waals surface area contributed by atoms with E-state index >= 15 is 0 Å². The van der Waals surface area contributed by atoms with Gasteiger partial charge in [0.05, 0.1) is 0 Å². The molecule has 0 aromatic carbocycles. The Labute approximate surface area is 118 Å². The molecule has 0 aliphatic heterocycles. The topological polar surface area (TPSA) is 0 Å². The predicted octanol–water partition coefficient (Wildman–Crippen LogP) is 4.39. The monoisotopic (exact) mass is 440 g/mol. The molecule has 0 saturated heterocycles. The minimum Gasteiger partial charge on any atom is -0.147 e. The number of hydrogen-bond acceptors (Lipinski definition) is 0. The molecule has 16 heavy (non-hydrogen) atoms. The molecule has 2 aliphatic rings. The van der Waals surface area contributed by atoms with Crippen molar-refractivity contribution in [2.45, 2.75) is 25.9 Å². The van der Waals surface area contributed by atoms with Crippen LogP contribution in [-0.4, -0.2) is 5.49 Å². The van der Waals surface area contributed by atoms with Crippen molar-refractivity contribution >= 4 is 30.3 Å². The molecule has 0 fully saturated rings. The number of halogens is 2. The van der Waals surface area contributed by atoms with Crippen LogP contribution in [-0.2, 0) is 20.1 Å². The first kappa shape index (κ1) is 16.6. The van der Waals surface area contributed by atoms with Gasteiger partial charge in [-0.25, -0.2) is 0 Å². The van der Waals surface area contributed by atoms with Gasteiger partial charge in [-0.05, 0) is 0 Å². The third-order valence-electron chi connectivity index (χ3n) is 2.68. The van der Waals surface area contributed by atoms with Gasteiger partial charge >= 0.3 is 94.6 Å². The van der Waals surface area contributed by atoms with Crippen LogP contribution in [0.4, 0.5) is 0 Å². The van der Waals surface area contributed by atoms with Crippen LogP contribution in [0.3, 0.4) is 0 Å². The second-order valence-corrected chi connectivity index (χ2v) is 28.2. The maximum absolute atomic E-state index is 2.52. The Morgan fingerprint density at radius 3 is 1.62 bits per heavy atom. The Kier molecular flexibility index (Phi) is 8.17. The van der Waals surface area contributed by atoms with Crippen LogP contribution >= 0.6 is 24.8 Å². The molecule has 2 rings (SSSR count). The maximum atomic E-state index is 2.52. The van der Waals surface area contributed by atoms with Gasteiger partial charge in [-0.3, -0.25) is 0 Å². The molecule has 88 valence electrons. The number of hydrogen-bond donors (Lipinski definition) is 0. The van der Waals surface area contributed by atoms with Crippen LogP contribution in [0.15, 0.2) is 43.1 Å². The zero-order valence-electron chi connectivity index (χ0n) is 9.69. The fourth-order valence-corrected chi connectivity index (χ4v) is 26.0. The van der Waals surface area contributed by atoms with E-state index < -0.39 is 20.1 Å². The van der Waals surface area contributed by atoms with Crippen molar-refractivity contribution in [2.24, 2.45) is 0 Å². The Morgan fingerprint density at radius 2 is 1.38 bits per heavy atom. The van der Waals surface area contributed by atoms with Crippen molar-refractivity contribution < 1.29 is 20.1 Å². The minimum atomic E-state index is -1.50. The standard InChI is InChI=1S/2C5H5.C2H6Si.2ClH.Hf/c2*1-2-4-5-3-1;1-3-2;;;/h2*1-3H,4H2;1-2H3;2*1H;. The normalized spacial score (nSPS) is 16.1. The van der Waals surface area contributed by atoms with Crippen LogP contribution in [0, 0.1) is 0 Å². The van der Waals surface area contributed by atoms with E-state index in [0.717, 1.165) is 0 Å². The predicted molar refractivity (Wildman–Crippen MR) is 75.7 cm³/mol. The van der Waals surface area contributed by atoms with Gasteiger partial charge in [-0.1, -0.05) is 0 Å². The molecule has 0 spiro atoms. The molecule has 4 heteroatoms. The number of rotatable bonds is 2. The summed E-state index contributed by atoms with van der Waals surface area (Å²) in [5.74, 6) is 0. The average molecular weight is 440 g/mol. The largest absolute Gasteiger partial charge is 0.147 e. The van der Waals surface area contributed by atoms with Crippen molar-refractivity contribution in [3.05, 3.63) is 43.1 Å². The maximum Gasteiger partial charge on any atom is -0.147 e. The second kappa shape index (κ2) is 7.86. The molecule has 0 saturated carbocycles. The van der Waals surface area contributed by atoms with Crippen molar-refractivity contribution in [1.82, 2.24) is 0 Å². The Balaban J connectivity index is 0.00000112. The van der Waals surface area contributed by atoms with Crippen molar-refractivity contribution in [1.29, 1.82) is 0 Å². The van der Waals surface area contributed by atoms with E-state index in [1.165, 1.54) is 12.8 Å². The summed E-state index contributed by atoms with van der Waals surface area (Å²) in [6, 6.07) is 0. The molecule has 0 N–H and O–H groups in total. The zero-order valence-corrected chi connectivity index (χ0v) is 15.9. The molecule has 0 bridgehead atoms. The molecule has 0 atom stereocenters. The van der Waals surface area contributed by atoms with Crippen LogP contribution in [0.5, 0.6) is 0 Å². The van der Waals surface area contributed by atoms with Crippen LogP contribution in [0.1, 0.15) is 12.8 Å². The van der Waals surface area contributed by atoms with Crippen LogP contribution in [0.25, 0.3) is 0 Å². The average Bonchev–Trinajstić information content (AvgIpc) is 2.75. The van der Waals surface area contributed by atoms with Gasteiger partial charge in [-0.15, -0.1) is 24.8 Å². The summed E-state index contributed by atoms with van der Waals surface area (Å²) in [6.45, 7) is 5.04. The van der Waals surface area contributed by atoms with Gasteiger partial charge in [-0.2, -0.15) is 0 Å². The van der Waals surface area contributed by atoms with Gasteiger partial charge in [0.2, 0.25) is 0 Å². The molecule has 2 aliphatic carbocycles. The Morgan fingerprint density at radius 1 is 0.938 bits per heavy atom. The van der Waals surface area contributed by atoms with Crippen molar-refractivity contribution in [3.63, 3.8) is 0 Å². The summed E-state index contributed by atoms with van der Waals surface area (Å²) in [4.78, 5) is 0. The van der Waals surface area contributed by atoms with E-state index in [1.54, 1.807) is 0 Å². The number of allylic oxidation sites excluding steroid dienone is 8. The first-order chi connectivity index (χ1) is 6.79. The SMILES string of the molecule is C[Si](C)=[Hf]([C]1=CC=CC1)[C]1=CC=CC1.Cl.Cl. The summed E-state index contributed by atoms with van der Waals surface area (Å²) in [7, 11) is 0. The summed E-state index contributed by atoms with van der Waals surface area (Å²) in [5, 5.41) is 0. The first-order valence-corrected chi connectivity index (χ1v) is 16.7. The molecular formula is C12H18Cl2HfSi. The Hall–Kier alpha value is 0.627. The zero-order chi connectivity index (χ0) is 9.97. The summed E-state index contributed by atoms with van der Waals surface area (Å²) >= 11 is -1.50. The smallest absolute Gasteiger partial charge is 0.147 e. The van der Waals surface area contributed by atoms with E-state index in [1.807, 2.05) is 6.66 Å². The third kappa shape index (κ3) is 3.83. The third-order valence-corrected chi connectivity index (χ3v) is 27.0. The van der Waals surface area contributed by atoms with E-state index in [2.05, 4.69) is 49.6 Å². The molecule has 0 radical (unpaired) electrons. The first-order valence-electron chi connectivity index (χ1n) is 5.18. The Bertz CT molecular complexity index is 367. The van der Waals surface area contributed by atoms with E-state index in [-0.39, 0.29) is 30.3 Å². The summed E-state index contributed by atoms with van der Waals surface area (Å²) in [6.07, 6.45) is 16.5. The van der Waals surface area contributed by atoms with Gasteiger partial charge < -0.3 is 0 Å². The van der Waals surface area contributed by atoms with Gasteiger partial charge in [0, 0.05) is 0 Å². The van der Waals surface area contributed by atoms with Crippen LogP contribution in [0.2, 0.25) is 13.1 Å². The molecule has 0 amide bonds. The fraction of sp³-hybridized carbons (Fsp3) is 0.333. The van der Waals surface area contributed by atoms with E-state index in [0.29, 0.717) is 0 Å². The van der Waals surface area contributed by atoms with E-state index in [9.17, 15) is 0 Å². The van der Waals surface area contributed by atoms with Crippen molar-refractivity contribution in [3.8, 4) is 0 Å².